The predicted molar refractivity (Wildman–Crippen MR) is 111 cm³/mol. The Morgan fingerprint density at radius 1 is 1.03 bits per heavy atom. The fourth-order valence-electron chi connectivity index (χ4n) is 4.00. The Morgan fingerprint density at radius 2 is 1.76 bits per heavy atom. The Bertz CT molecular complexity index is 860. The molecule has 2 aromatic rings. The Balaban J connectivity index is 1.36. The number of carbonyl (C=O) groups excluding carboxylic acids is 2. The highest BCUT2D eigenvalue weighted by atomic mass is 16.5. The molecule has 0 bridgehead atoms. The van der Waals surface area contributed by atoms with E-state index in [1.807, 2.05) is 18.2 Å². The Kier molecular flexibility index (Phi) is 6.22. The van der Waals surface area contributed by atoms with Crippen LogP contribution in [0.1, 0.15) is 34.3 Å². The van der Waals surface area contributed by atoms with E-state index in [0.29, 0.717) is 18.5 Å². The largest absolute Gasteiger partial charge is 0.370 e. The second-order valence-corrected chi connectivity index (χ2v) is 7.69. The molecular weight excluding hydrogens is 366 g/mol. The monoisotopic (exact) mass is 394 g/mol. The number of hydrogen-bond acceptors (Lipinski definition) is 3. The van der Waals surface area contributed by atoms with Crippen LogP contribution in [0.5, 0.6) is 0 Å². The smallest absolute Gasteiger partial charge is 0.251 e. The summed E-state index contributed by atoms with van der Waals surface area (Å²) in [6.45, 7) is 5.88. The maximum absolute atomic E-state index is 12.6. The number of anilines is 1. The average Bonchev–Trinajstić information content (AvgIpc) is 3.19. The first-order chi connectivity index (χ1) is 14.2. The summed E-state index contributed by atoms with van der Waals surface area (Å²) in [6.07, 6.45) is 1.50. The maximum atomic E-state index is 12.6. The second-order valence-electron chi connectivity index (χ2n) is 7.69. The third kappa shape index (κ3) is 4.83. The van der Waals surface area contributed by atoms with Gasteiger partial charge < -0.3 is 19.9 Å². The molecular formula is C23H28N3O3+. The topological polar surface area (TPSA) is 63.1 Å². The van der Waals surface area contributed by atoms with Crippen LogP contribution in [0.25, 0.3) is 0 Å². The van der Waals surface area contributed by atoms with Crippen molar-refractivity contribution >= 4 is 17.5 Å². The SMILES string of the molecule is O=C(NCc1ccccc1C[NH+]1CCOCC1)c1ccc(N2CCCC2=O)cc1. The number of rotatable bonds is 6. The lowest BCUT2D eigenvalue weighted by Crippen LogP contribution is -3.12. The molecule has 0 spiro atoms. The zero-order valence-electron chi connectivity index (χ0n) is 16.7. The van der Waals surface area contributed by atoms with Gasteiger partial charge in [0.2, 0.25) is 5.91 Å². The summed E-state index contributed by atoms with van der Waals surface area (Å²) in [5, 5.41) is 3.04. The number of hydrogen-bond donors (Lipinski definition) is 2. The molecule has 2 saturated heterocycles. The molecule has 2 heterocycles. The summed E-state index contributed by atoms with van der Waals surface area (Å²) in [7, 11) is 0. The van der Waals surface area contributed by atoms with Crippen LogP contribution in [0, 0.1) is 0 Å². The molecule has 6 nitrogen and oxygen atoms in total. The van der Waals surface area contributed by atoms with Crippen molar-refractivity contribution in [2.75, 3.05) is 37.7 Å². The van der Waals surface area contributed by atoms with Gasteiger partial charge in [0, 0.05) is 36.3 Å². The minimum absolute atomic E-state index is 0.0992. The van der Waals surface area contributed by atoms with Gasteiger partial charge in [0.05, 0.1) is 13.2 Å². The predicted octanol–water partition coefficient (Wildman–Crippen LogP) is 1.16. The molecule has 6 heteroatoms. The third-order valence-electron chi connectivity index (χ3n) is 5.71. The van der Waals surface area contributed by atoms with Crippen LogP contribution in [-0.4, -0.2) is 44.7 Å². The quantitative estimate of drug-likeness (QED) is 0.773. The van der Waals surface area contributed by atoms with Gasteiger partial charge in [-0.2, -0.15) is 0 Å². The van der Waals surface area contributed by atoms with Crippen molar-refractivity contribution in [1.82, 2.24) is 5.32 Å². The van der Waals surface area contributed by atoms with E-state index >= 15 is 0 Å². The summed E-state index contributed by atoms with van der Waals surface area (Å²) in [5.74, 6) is 0.0547. The van der Waals surface area contributed by atoms with Crippen LogP contribution < -0.4 is 15.1 Å². The van der Waals surface area contributed by atoms with Crippen molar-refractivity contribution in [1.29, 1.82) is 0 Å². The molecule has 2 N–H and O–H groups in total. The van der Waals surface area contributed by atoms with E-state index in [1.54, 1.807) is 17.0 Å². The summed E-state index contributed by atoms with van der Waals surface area (Å²) >= 11 is 0. The highest BCUT2D eigenvalue weighted by molar-refractivity contribution is 5.97. The van der Waals surface area contributed by atoms with Gasteiger partial charge in [0.25, 0.3) is 5.91 Å². The number of carbonyl (C=O) groups is 2. The lowest BCUT2D eigenvalue weighted by atomic mass is 10.1. The number of ether oxygens (including phenoxy) is 1. The van der Waals surface area contributed by atoms with Gasteiger partial charge in [-0.05, 0) is 36.2 Å². The third-order valence-corrected chi connectivity index (χ3v) is 5.71. The molecule has 0 aromatic heterocycles. The Morgan fingerprint density at radius 3 is 2.45 bits per heavy atom. The molecule has 4 rings (SSSR count). The first kappa shape index (κ1) is 19.6. The number of benzene rings is 2. The summed E-state index contributed by atoms with van der Waals surface area (Å²) in [4.78, 5) is 27.8. The van der Waals surface area contributed by atoms with Gasteiger partial charge in [0.1, 0.15) is 19.6 Å². The minimum atomic E-state index is -0.0992. The van der Waals surface area contributed by atoms with Crippen molar-refractivity contribution < 1.29 is 19.2 Å². The van der Waals surface area contributed by atoms with Crippen molar-refractivity contribution in [3.8, 4) is 0 Å². The zero-order valence-corrected chi connectivity index (χ0v) is 16.7. The Hall–Kier alpha value is -2.70. The number of nitrogens with zero attached hydrogens (tertiary/aromatic N) is 1. The van der Waals surface area contributed by atoms with E-state index in [2.05, 4.69) is 23.5 Å². The molecule has 2 fully saturated rings. The number of quaternary nitrogens is 1. The number of amides is 2. The summed E-state index contributed by atoms with van der Waals surface area (Å²) in [6, 6.07) is 15.6. The van der Waals surface area contributed by atoms with Gasteiger partial charge in [0.15, 0.2) is 0 Å². The molecule has 152 valence electrons. The molecule has 0 unspecified atom stereocenters. The van der Waals surface area contributed by atoms with Crippen LogP contribution in [0.15, 0.2) is 48.5 Å². The van der Waals surface area contributed by atoms with Crippen LogP contribution in [0.4, 0.5) is 5.69 Å². The zero-order chi connectivity index (χ0) is 20.1. The van der Waals surface area contributed by atoms with E-state index in [0.717, 1.165) is 57.1 Å². The van der Waals surface area contributed by atoms with Crippen molar-refractivity contribution in [3.63, 3.8) is 0 Å². The summed E-state index contributed by atoms with van der Waals surface area (Å²) in [5.41, 5.74) is 3.89. The van der Waals surface area contributed by atoms with E-state index in [-0.39, 0.29) is 11.8 Å². The molecule has 29 heavy (non-hydrogen) atoms. The van der Waals surface area contributed by atoms with Crippen molar-refractivity contribution in [2.24, 2.45) is 0 Å². The normalized spacial score (nSPS) is 17.5. The molecule has 2 aromatic carbocycles. The first-order valence-corrected chi connectivity index (χ1v) is 10.4. The standard InChI is InChI=1S/C23H27N3O3/c27-22-6-3-11-26(22)21-9-7-18(8-10-21)23(28)24-16-19-4-1-2-5-20(19)17-25-12-14-29-15-13-25/h1-2,4-5,7-10H,3,6,11-17H2,(H,24,28)/p+1. The average molecular weight is 394 g/mol. The fourth-order valence-corrected chi connectivity index (χ4v) is 4.00. The van der Waals surface area contributed by atoms with Crippen LogP contribution >= 0.6 is 0 Å². The molecule has 0 saturated carbocycles. The van der Waals surface area contributed by atoms with Crippen LogP contribution in [-0.2, 0) is 22.6 Å². The Labute approximate surface area is 171 Å². The molecule has 0 atom stereocenters. The van der Waals surface area contributed by atoms with Gasteiger partial charge in [-0.15, -0.1) is 0 Å². The molecule has 0 aliphatic carbocycles. The van der Waals surface area contributed by atoms with Crippen molar-refractivity contribution in [2.45, 2.75) is 25.9 Å². The molecule has 2 aliphatic rings. The van der Waals surface area contributed by atoms with Crippen LogP contribution in [0.3, 0.4) is 0 Å². The molecule has 0 radical (unpaired) electrons. The highest BCUT2D eigenvalue weighted by Crippen LogP contribution is 2.21. The summed E-state index contributed by atoms with van der Waals surface area (Å²) < 4.78 is 5.44. The lowest BCUT2D eigenvalue weighted by molar-refractivity contribution is -0.921. The number of nitrogens with one attached hydrogen (secondary N) is 2. The van der Waals surface area contributed by atoms with Gasteiger partial charge in [-0.25, -0.2) is 0 Å². The van der Waals surface area contributed by atoms with Crippen molar-refractivity contribution in [3.05, 3.63) is 65.2 Å². The number of morpholine rings is 1. The molecule has 2 amide bonds. The van der Waals surface area contributed by atoms with Gasteiger partial charge in [-0.1, -0.05) is 24.3 Å². The van der Waals surface area contributed by atoms with Crippen LogP contribution in [0.2, 0.25) is 0 Å². The van der Waals surface area contributed by atoms with Gasteiger partial charge in [-0.3, -0.25) is 9.59 Å². The lowest BCUT2D eigenvalue weighted by Gasteiger charge is -2.24. The van der Waals surface area contributed by atoms with Gasteiger partial charge >= 0.3 is 0 Å². The maximum Gasteiger partial charge on any atom is 0.251 e. The molecule has 2 aliphatic heterocycles. The minimum Gasteiger partial charge on any atom is -0.370 e. The van der Waals surface area contributed by atoms with E-state index < -0.39 is 0 Å². The van der Waals surface area contributed by atoms with E-state index in [9.17, 15) is 9.59 Å². The van der Waals surface area contributed by atoms with E-state index in [1.165, 1.54) is 10.5 Å². The fraction of sp³-hybridized carbons (Fsp3) is 0.391. The second kappa shape index (κ2) is 9.20. The first-order valence-electron chi connectivity index (χ1n) is 10.4. The highest BCUT2D eigenvalue weighted by Gasteiger charge is 2.22. The van der Waals surface area contributed by atoms with E-state index in [4.69, 9.17) is 4.74 Å².